The summed E-state index contributed by atoms with van der Waals surface area (Å²) < 4.78 is 2.15. The summed E-state index contributed by atoms with van der Waals surface area (Å²) in [7, 11) is 0. The number of hydrogen-bond donors (Lipinski definition) is 0. The summed E-state index contributed by atoms with van der Waals surface area (Å²) in [5.41, 5.74) is 0. The molecule has 86 valence electrons. The molecule has 1 aromatic heterocycles. The van der Waals surface area contributed by atoms with E-state index in [1.165, 1.54) is 0 Å². The lowest BCUT2D eigenvalue weighted by molar-refractivity contribution is 0.516. The van der Waals surface area contributed by atoms with Crippen molar-refractivity contribution < 1.29 is 0 Å². The Morgan fingerprint density at radius 3 is 2.20 bits per heavy atom. The highest BCUT2D eigenvalue weighted by atomic mass is 35.5. The highest BCUT2D eigenvalue weighted by molar-refractivity contribution is 6.16. The average molecular weight is 230 g/mol. The second kappa shape index (κ2) is 5.50. The minimum Gasteiger partial charge on any atom is -0.311 e. The molecule has 0 aliphatic heterocycles. The first-order valence-corrected chi connectivity index (χ1v) is 6.08. The molecule has 1 heterocycles. The second-order valence-corrected chi connectivity index (χ2v) is 4.83. The number of rotatable bonds is 5. The molecule has 0 atom stereocenters. The molecule has 4 heteroatoms. The first kappa shape index (κ1) is 12.5. The van der Waals surface area contributed by atoms with E-state index in [4.69, 9.17) is 11.6 Å². The van der Waals surface area contributed by atoms with Crippen LogP contribution in [0.3, 0.4) is 0 Å². The van der Waals surface area contributed by atoms with E-state index in [1.807, 2.05) is 0 Å². The van der Waals surface area contributed by atoms with Gasteiger partial charge in [-0.3, -0.25) is 0 Å². The molecule has 0 aromatic carbocycles. The monoisotopic (exact) mass is 229 g/mol. The van der Waals surface area contributed by atoms with Crippen molar-refractivity contribution in [3.8, 4) is 0 Å². The molecule has 0 saturated heterocycles. The van der Waals surface area contributed by atoms with Crippen LogP contribution in [0, 0.1) is 5.92 Å². The van der Waals surface area contributed by atoms with Gasteiger partial charge >= 0.3 is 0 Å². The number of hydrogen-bond acceptors (Lipinski definition) is 2. The van der Waals surface area contributed by atoms with E-state index in [2.05, 4.69) is 42.5 Å². The third-order valence-corrected chi connectivity index (χ3v) is 2.66. The van der Waals surface area contributed by atoms with Crippen molar-refractivity contribution in [2.24, 2.45) is 5.92 Å². The molecule has 0 unspecified atom stereocenters. The van der Waals surface area contributed by atoms with Gasteiger partial charge in [0.15, 0.2) is 0 Å². The molecule has 0 spiro atoms. The minimum atomic E-state index is 0.385. The highest BCUT2D eigenvalue weighted by Crippen LogP contribution is 2.16. The fourth-order valence-corrected chi connectivity index (χ4v) is 1.82. The molecule has 15 heavy (non-hydrogen) atoms. The molecule has 1 aromatic rings. The Bertz CT molecular complexity index is 305. The smallest absolute Gasteiger partial charge is 0.148 e. The summed E-state index contributed by atoms with van der Waals surface area (Å²) in [5.74, 6) is 3.08. The molecule has 0 amide bonds. The van der Waals surface area contributed by atoms with Crippen molar-refractivity contribution in [1.82, 2.24) is 14.8 Å². The summed E-state index contributed by atoms with van der Waals surface area (Å²) in [6.45, 7) is 8.72. The topological polar surface area (TPSA) is 30.7 Å². The maximum atomic E-state index is 5.83. The van der Waals surface area contributed by atoms with Crippen LogP contribution < -0.4 is 0 Å². The lowest BCUT2D eigenvalue weighted by Gasteiger charge is -2.13. The van der Waals surface area contributed by atoms with E-state index in [1.54, 1.807) is 0 Å². The van der Waals surface area contributed by atoms with Crippen LogP contribution in [-0.2, 0) is 12.3 Å². The van der Waals surface area contributed by atoms with Gasteiger partial charge in [-0.05, 0) is 26.2 Å². The maximum absolute atomic E-state index is 5.83. The predicted octanol–water partition coefficient (Wildman–Crippen LogP) is 3.19. The Morgan fingerprint density at radius 2 is 1.73 bits per heavy atom. The summed E-state index contributed by atoms with van der Waals surface area (Å²) in [6, 6.07) is 0.385. The van der Waals surface area contributed by atoms with Gasteiger partial charge in [-0.1, -0.05) is 13.8 Å². The van der Waals surface area contributed by atoms with Crippen LogP contribution in [0.5, 0.6) is 0 Å². The zero-order valence-corrected chi connectivity index (χ0v) is 10.8. The molecular formula is C11H20ClN3. The van der Waals surface area contributed by atoms with Gasteiger partial charge in [-0.25, -0.2) is 0 Å². The molecular weight excluding hydrogens is 210 g/mol. The van der Waals surface area contributed by atoms with Crippen molar-refractivity contribution >= 4 is 11.6 Å². The largest absolute Gasteiger partial charge is 0.311 e. The fraction of sp³-hybridized carbons (Fsp3) is 0.818. The van der Waals surface area contributed by atoms with Crippen LogP contribution in [0.25, 0.3) is 0 Å². The number of aromatic nitrogens is 3. The van der Waals surface area contributed by atoms with Crippen LogP contribution in [0.15, 0.2) is 0 Å². The molecule has 0 aliphatic rings. The van der Waals surface area contributed by atoms with Gasteiger partial charge in [0.1, 0.15) is 11.6 Å². The van der Waals surface area contributed by atoms with E-state index in [9.17, 15) is 0 Å². The second-order valence-electron chi connectivity index (χ2n) is 4.56. The average Bonchev–Trinajstić information content (AvgIpc) is 2.57. The quantitative estimate of drug-likeness (QED) is 0.726. The molecule has 0 saturated carbocycles. The lowest BCUT2D eigenvalue weighted by Crippen LogP contribution is -2.10. The van der Waals surface area contributed by atoms with Crippen LogP contribution in [-0.4, -0.2) is 14.8 Å². The Kier molecular flexibility index (Phi) is 4.58. The van der Waals surface area contributed by atoms with Gasteiger partial charge in [0.2, 0.25) is 0 Å². The SMILES string of the molecule is CC(C)CCc1nnc(CCl)n1C(C)C. The van der Waals surface area contributed by atoms with Crippen LogP contribution in [0.1, 0.15) is 51.8 Å². The van der Waals surface area contributed by atoms with E-state index in [-0.39, 0.29) is 0 Å². The number of halogens is 1. The zero-order valence-electron chi connectivity index (χ0n) is 10.00. The Hall–Kier alpha value is -0.570. The molecule has 0 bridgehead atoms. The maximum Gasteiger partial charge on any atom is 0.148 e. The summed E-state index contributed by atoms with van der Waals surface area (Å²) >= 11 is 5.83. The van der Waals surface area contributed by atoms with Gasteiger partial charge in [-0.2, -0.15) is 0 Å². The van der Waals surface area contributed by atoms with Crippen molar-refractivity contribution in [3.05, 3.63) is 11.6 Å². The number of alkyl halides is 1. The van der Waals surface area contributed by atoms with Crippen molar-refractivity contribution in [1.29, 1.82) is 0 Å². The summed E-state index contributed by atoms with van der Waals surface area (Å²) in [6.07, 6.45) is 2.13. The van der Waals surface area contributed by atoms with E-state index in [0.29, 0.717) is 17.8 Å². The summed E-state index contributed by atoms with van der Waals surface area (Å²) in [5, 5.41) is 8.32. The molecule has 0 radical (unpaired) electrons. The minimum absolute atomic E-state index is 0.385. The van der Waals surface area contributed by atoms with Crippen molar-refractivity contribution in [2.45, 2.75) is 52.5 Å². The normalized spacial score (nSPS) is 11.7. The number of nitrogens with zero attached hydrogens (tertiary/aromatic N) is 3. The first-order valence-electron chi connectivity index (χ1n) is 5.54. The van der Waals surface area contributed by atoms with E-state index < -0.39 is 0 Å². The van der Waals surface area contributed by atoms with Crippen LogP contribution in [0.4, 0.5) is 0 Å². The molecule has 1 rings (SSSR count). The standard InChI is InChI=1S/C11H20ClN3/c1-8(2)5-6-10-13-14-11(7-12)15(10)9(3)4/h8-9H,5-7H2,1-4H3. The fourth-order valence-electron chi connectivity index (χ4n) is 1.64. The Morgan fingerprint density at radius 1 is 1.13 bits per heavy atom. The van der Waals surface area contributed by atoms with Crippen molar-refractivity contribution in [3.63, 3.8) is 0 Å². The third-order valence-electron chi connectivity index (χ3n) is 2.42. The van der Waals surface area contributed by atoms with E-state index in [0.717, 1.165) is 24.5 Å². The van der Waals surface area contributed by atoms with Gasteiger partial charge < -0.3 is 4.57 Å². The van der Waals surface area contributed by atoms with Crippen LogP contribution >= 0.6 is 11.6 Å². The van der Waals surface area contributed by atoms with Crippen LogP contribution in [0.2, 0.25) is 0 Å². The Balaban J connectivity index is 2.82. The van der Waals surface area contributed by atoms with Gasteiger partial charge in [0.05, 0.1) is 5.88 Å². The molecule has 0 N–H and O–H groups in total. The Labute approximate surface area is 96.8 Å². The predicted molar refractivity (Wildman–Crippen MR) is 63.1 cm³/mol. The van der Waals surface area contributed by atoms with Gasteiger partial charge in [0, 0.05) is 12.5 Å². The molecule has 3 nitrogen and oxygen atoms in total. The molecule has 0 fully saturated rings. The first-order chi connectivity index (χ1) is 7.06. The van der Waals surface area contributed by atoms with E-state index >= 15 is 0 Å². The summed E-state index contributed by atoms with van der Waals surface area (Å²) in [4.78, 5) is 0. The highest BCUT2D eigenvalue weighted by Gasteiger charge is 2.13. The third kappa shape index (κ3) is 3.20. The number of aryl methyl sites for hydroxylation is 1. The molecule has 0 aliphatic carbocycles. The van der Waals surface area contributed by atoms with Gasteiger partial charge in [0.25, 0.3) is 0 Å². The zero-order chi connectivity index (χ0) is 11.4. The van der Waals surface area contributed by atoms with Gasteiger partial charge in [-0.15, -0.1) is 21.8 Å². The van der Waals surface area contributed by atoms with Crippen molar-refractivity contribution in [2.75, 3.05) is 0 Å². The lowest BCUT2D eigenvalue weighted by atomic mass is 10.1.